The van der Waals surface area contributed by atoms with Crippen LogP contribution in [-0.2, 0) is 9.53 Å². The van der Waals surface area contributed by atoms with Gasteiger partial charge in [-0.1, -0.05) is 27.7 Å². The lowest BCUT2D eigenvalue weighted by Gasteiger charge is -2.21. The van der Waals surface area contributed by atoms with Gasteiger partial charge in [0.05, 0.1) is 18.8 Å². The van der Waals surface area contributed by atoms with Crippen molar-refractivity contribution in [2.75, 3.05) is 19.7 Å². The molecule has 0 aromatic heterocycles. The number of hydrogen-bond acceptors (Lipinski definition) is 4. The van der Waals surface area contributed by atoms with E-state index in [9.17, 15) is 4.79 Å². The summed E-state index contributed by atoms with van der Waals surface area (Å²) in [6.07, 6.45) is 5.02. The fraction of sp³-hybridized carbons (Fsp3) is 0.938. The highest BCUT2D eigenvalue weighted by Crippen LogP contribution is 2.09. The molecule has 0 radical (unpaired) electrons. The van der Waals surface area contributed by atoms with Gasteiger partial charge in [-0.2, -0.15) is 0 Å². The van der Waals surface area contributed by atoms with Crippen molar-refractivity contribution in [2.24, 2.45) is 11.7 Å². The first-order chi connectivity index (χ1) is 9.60. The van der Waals surface area contributed by atoms with Crippen LogP contribution in [0.3, 0.4) is 0 Å². The molecular weight excluding hydrogens is 252 g/mol. The van der Waals surface area contributed by atoms with Gasteiger partial charge < -0.3 is 15.8 Å². The Kier molecular flexibility index (Phi) is 12.0. The Labute approximate surface area is 124 Å². The smallest absolute Gasteiger partial charge is 0.152 e. The fourth-order valence-electron chi connectivity index (χ4n) is 2.19. The normalized spacial score (nSPS) is 14.5. The number of ether oxygens (including phenoxy) is 1. The molecule has 0 fully saturated rings. The van der Waals surface area contributed by atoms with Crippen LogP contribution in [0.4, 0.5) is 0 Å². The van der Waals surface area contributed by atoms with Crippen LogP contribution in [0.5, 0.6) is 0 Å². The van der Waals surface area contributed by atoms with Crippen LogP contribution in [-0.4, -0.2) is 37.6 Å². The number of carbonyl (C=O) groups excluding carboxylic acids is 1. The van der Waals surface area contributed by atoms with Gasteiger partial charge in [0.25, 0.3) is 0 Å². The summed E-state index contributed by atoms with van der Waals surface area (Å²) in [7, 11) is 0. The van der Waals surface area contributed by atoms with E-state index in [4.69, 9.17) is 10.5 Å². The molecule has 20 heavy (non-hydrogen) atoms. The fourth-order valence-corrected chi connectivity index (χ4v) is 2.19. The van der Waals surface area contributed by atoms with Crippen LogP contribution in [0.25, 0.3) is 0 Å². The second-order valence-electron chi connectivity index (χ2n) is 5.46. The zero-order chi connectivity index (χ0) is 15.4. The Morgan fingerprint density at radius 3 is 2.35 bits per heavy atom. The number of nitrogens with two attached hydrogens (primary N) is 1. The summed E-state index contributed by atoms with van der Waals surface area (Å²) in [4.78, 5) is 12.3. The van der Waals surface area contributed by atoms with Gasteiger partial charge in [0.15, 0.2) is 5.78 Å². The number of Topliss-reactive ketones (excluding diaryl/α,β-unsaturated/α-hetero) is 1. The van der Waals surface area contributed by atoms with E-state index >= 15 is 0 Å². The van der Waals surface area contributed by atoms with E-state index < -0.39 is 0 Å². The zero-order valence-electron chi connectivity index (χ0n) is 13.8. The first-order valence-corrected chi connectivity index (χ1v) is 8.19. The molecule has 0 aliphatic rings. The van der Waals surface area contributed by atoms with Crippen LogP contribution in [0.15, 0.2) is 0 Å². The summed E-state index contributed by atoms with van der Waals surface area (Å²) in [5, 5.41) is 3.34. The number of carbonyl (C=O) groups is 1. The molecule has 0 saturated carbocycles. The van der Waals surface area contributed by atoms with Crippen molar-refractivity contribution in [3.63, 3.8) is 0 Å². The van der Waals surface area contributed by atoms with E-state index in [1.165, 1.54) is 0 Å². The lowest BCUT2D eigenvalue weighted by Crippen LogP contribution is -2.41. The third-order valence-corrected chi connectivity index (χ3v) is 3.90. The predicted octanol–water partition coefficient (Wildman–Crippen LogP) is 2.50. The van der Waals surface area contributed by atoms with Crippen molar-refractivity contribution in [3.05, 3.63) is 0 Å². The van der Waals surface area contributed by atoms with Gasteiger partial charge >= 0.3 is 0 Å². The molecule has 2 atom stereocenters. The summed E-state index contributed by atoms with van der Waals surface area (Å²) in [5.74, 6) is 0.425. The molecule has 0 rings (SSSR count). The third-order valence-electron chi connectivity index (χ3n) is 3.90. The largest absolute Gasteiger partial charge is 0.377 e. The SMILES string of the molecule is CCC(CC)OCCNC(CCCN)C(=O)C(C)CC. The molecule has 0 amide bonds. The van der Waals surface area contributed by atoms with Crippen molar-refractivity contribution < 1.29 is 9.53 Å². The van der Waals surface area contributed by atoms with E-state index in [0.717, 1.165) is 38.6 Å². The van der Waals surface area contributed by atoms with Crippen molar-refractivity contribution in [3.8, 4) is 0 Å². The highest BCUT2D eigenvalue weighted by Gasteiger charge is 2.21. The molecule has 0 aliphatic carbocycles. The summed E-state index contributed by atoms with van der Waals surface area (Å²) >= 11 is 0. The number of hydrogen-bond donors (Lipinski definition) is 2. The standard InChI is InChI=1S/C16H34N2O2/c1-5-13(4)16(19)15(9-8-10-17)18-11-12-20-14(6-2)7-3/h13-15,18H,5-12,17H2,1-4H3. The molecule has 0 aliphatic heterocycles. The van der Waals surface area contributed by atoms with E-state index in [2.05, 4.69) is 26.1 Å². The van der Waals surface area contributed by atoms with Gasteiger partial charge in [0.2, 0.25) is 0 Å². The van der Waals surface area contributed by atoms with Gasteiger partial charge in [0.1, 0.15) is 0 Å². The molecule has 0 aromatic carbocycles. The third kappa shape index (κ3) is 7.98. The van der Waals surface area contributed by atoms with Gasteiger partial charge in [-0.05, 0) is 38.6 Å². The zero-order valence-corrected chi connectivity index (χ0v) is 13.8. The minimum absolute atomic E-state index is 0.0706. The lowest BCUT2D eigenvalue weighted by atomic mass is 9.94. The molecule has 0 spiro atoms. The molecule has 0 aromatic rings. The van der Waals surface area contributed by atoms with Crippen molar-refractivity contribution in [2.45, 2.75) is 71.9 Å². The number of nitrogens with one attached hydrogen (secondary N) is 1. The van der Waals surface area contributed by atoms with Gasteiger partial charge in [-0.3, -0.25) is 4.79 Å². The molecule has 2 unspecified atom stereocenters. The maximum atomic E-state index is 12.3. The molecule has 4 nitrogen and oxygen atoms in total. The summed E-state index contributed by atoms with van der Waals surface area (Å²) in [6, 6.07) is -0.0706. The minimum Gasteiger partial charge on any atom is -0.377 e. The van der Waals surface area contributed by atoms with E-state index in [1.54, 1.807) is 0 Å². The molecular formula is C16H34N2O2. The predicted molar refractivity (Wildman–Crippen MR) is 84.9 cm³/mol. The quantitative estimate of drug-likeness (QED) is 0.511. The van der Waals surface area contributed by atoms with Crippen molar-refractivity contribution >= 4 is 5.78 Å². The van der Waals surface area contributed by atoms with Crippen molar-refractivity contribution in [1.29, 1.82) is 0 Å². The monoisotopic (exact) mass is 286 g/mol. The Balaban J connectivity index is 4.13. The second-order valence-corrected chi connectivity index (χ2v) is 5.46. The molecule has 3 N–H and O–H groups in total. The minimum atomic E-state index is -0.0706. The molecule has 0 heterocycles. The summed E-state index contributed by atoms with van der Waals surface area (Å²) < 4.78 is 5.76. The van der Waals surface area contributed by atoms with Gasteiger partial charge in [-0.15, -0.1) is 0 Å². The van der Waals surface area contributed by atoms with Crippen LogP contribution in [0, 0.1) is 5.92 Å². The van der Waals surface area contributed by atoms with Crippen LogP contribution >= 0.6 is 0 Å². The molecule has 0 saturated heterocycles. The Morgan fingerprint density at radius 1 is 1.20 bits per heavy atom. The summed E-state index contributed by atoms with van der Waals surface area (Å²) in [5.41, 5.74) is 5.55. The average molecular weight is 286 g/mol. The number of rotatable bonds is 13. The maximum absolute atomic E-state index is 12.3. The van der Waals surface area contributed by atoms with Crippen LogP contribution in [0.1, 0.15) is 59.8 Å². The molecule has 4 heteroatoms. The van der Waals surface area contributed by atoms with E-state index in [0.29, 0.717) is 25.0 Å². The van der Waals surface area contributed by atoms with E-state index in [-0.39, 0.29) is 12.0 Å². The summed E-state index contributed by atoms with van der Waals surface area (Å²) in [6.45, 7) is 10.4. The Hall–Kier alpha value is -0.450. The topological polar surface area (TPSA) is 64.3 Å². The highest BCUT2D eigenvalue weighted by molar-refractivity contribution is 5.85. The van der Waals surface area contributed by atoms with Gasteiger partial charge in [0, 0.05) is 12.5 Å². The first kappa shape index (κ1) is 19.6. The average Bonchev–Trinajstić information content (AvgIpc) is 2.48. The molecule has 0 bridgehead atoms. The number of ketones is 1. The first-order valence-electron chi connectivity index (χ1n) is 8.19. The second kappa shape index (κ2) is 12.3. The Morgan fingerprint density at radius 2 is 1.85 bits per heavy atom. The maximum Gasteiger partial charge on any atom is 0.152 e. The van der Waals surface area contributed by atoms with Crippen molar-refractivity contribution in [1.82, 2.24) is 5.32 Å². The van der Waals surface area contributed by atoms with Crippen LogP contribution < -0.4 is 11.1 Å². The van der Waals surface area contributed by atoms with Gasteiger partial charge in [-0.25, -0.2) is 0 Å². The molecule has 120 valence electrons. The Bertz CT molecular complexity index is 243. The van der Waals surface area contributed by atoms with Crippen LogP contribution in [0.2, 0.25) is 0 Å². The lowest BCUT2D eigenvalue weighted by molar-refractivity contribution is -0.124. The highest BCUT2D eigenvalue weighted by atomic mass is 16.5. The van der Waals surface area contributed by atoms with E-state index in [1.807, 2.05) is 6.92 Å².